The Morgan fingerprint density at radius 1 is 0.975 bits per heavy atom. The Morgan fingerprint density at radius 3 is 2.38 bits per heavy atom. The molecule has 7 heteroatoms. The number of hydrogen-bond acceptors (Lipinski definition) is 5. The molecule has 1 aliphatic carbocycles. The van der Waals surface area contributed by atoms with Crippen molar-refractivity contribution in [3.63, 3.8) is 0 Å². The predicted octanol–water partition coefficient (Wildman–Crippen LogP) is 5.65. The highest BCUT2D eigenvalue weighted by Crippen LogP contribution is 2.40. The Bertz CT molecular complexity index is 1350. The summed E-state index contributed by atoms with van der Waals surface area (Å²) in [7, 11) is 0. The number of aromatic nitrogens is 1. The second kappa shape index (κ2) is 11.4. The van der Waals surface area contributed by atoms with Crippen molar-refractivity contribution < 1.29 is 14.3 Å². The van der Waals surface area contributed by atoms with Gasteiger partial charge in [0.25, 0.3) is 5.91 Å². The molecule has 3 aromatic rings. The Labute approximate surface area is 236 Å². The van der Waals surface area contributed by atoms with E-state index in [-0.39, 0.29) is 17.9 Å². The van der Waals surface area contributed by atoms with E-state index < -0.39 is 0 Å². The zero-order valence-corrected chi connectivity index (χ0v) is 23.4. The molecule has 2 aromatic carbocycles. The van der Waals surface area contributed by atoms with Gasteiger partial charge in [-0.3, -0.25) is 14.5 Å². The van der Waals surface area contributed by atoms with Gasteiger partial charge >= 0.3 is 0 Å². The molecule has 2 amide bonds. The van der Waals surface area contributed by atoms with Gasteiger partial charge in [0.1, 0.15) is 5.75 Å². The minimum absolute atomic E-state index is 0.0333. The summed E-state index contributed by atoms with van der Waals surface area (Å²) < 4.78 is 5.97. The van der Waals surface area contributed by atoms with Gasteiger partial charge in [-0.2, -0.15) is 0 Å². The topological polar surface area (TPSA) is 74.8 Å². The van der Waals surface area contributed by atoms with Crippen molar-refractivity contribution in [1.29, 1.82) is 0 Å². The minimum Gasteiger partial charge on any atom is -0.439 e. The van der Waals surface area contributed by atoms with Crippen LogP contribution in [0.3, 0.4) is 0 Å². The van der Waals surface area contributed by atoms with Crippen LogP contribution < -0.4 is 10.1 Å². The van der Waals surface area contributed by atoms with Gasteiger partial charge in [0.15, 0.2) is 0 Å². The third-order valence-electron chi connectivity index (χ3n) is 8.54. The van der Waals surface area contributed by atoms with E-state index >= 15 is 0 Å². The number of carbonyl (C=O) groups excluding carboxylic acids is 2. The first-order chi connectivity index (χ1) is 19.4. The van der Waals surface area contributed by atoms with Crippen molar-refractivity contribution in [1.82, 2.24) is 20.1 Å². The van der Waals surface area contributed by atoms with Crippen LogP contribution in [-0.2, 0) is 11.3 Å². The molecule has 6 rings (SSSR count). The molecule has 0 spiro atoms. The molecular formula is C33H38N4O3. The smallest absolute Gasteiger partial charge is 0.251 e. The first kappa shape index (κ1) is 26.5. The van der Waals surface area contributed by atoms with Crippen molar-refractivity contribution in [3.8, 4) is 11.6 Å². The molecule has 2 atom stereocenters. The Balaban J connectivity index is 1.03. The lowest BCUT2D eigenvalue weighted by Gasteiger charge is -2.39. The van der Waals surface area contributed by atoms with Crippen LogP contribution in [0.4, 0.5) is 0 Å². The number of hydrogen-bond donors (Lipinski definition) is 1. The molecule has 7 nitrogen and oxygen atoms in total. The van der Waals surface area contributed by atoms with Crippen LogP contribution in [0, 0.1) is 12.8 Å². The number of nitrogens with one attached hydrogen (secondary N) is 1. The predicted molar refractivity (Wildman–Crippen MR) is 154 cm³/mol. The Kier molecular flexibility index (Phi) is 7.57. The van der Waals surface area contributed by atoms with Crippen LogP contribution in [0.15, 0.2) is 66.7 Å². The van der Waals surface area contributed by atoms with Gasteiger partial charge in [-0.15, -0.1) is 0 Å². The number of ether oxygens (including phenoxy) is 1. The molecule has 2 saturated heterocycles. The molecule has 2 aliphatic heterocycles. The molecule has 1 aromatic heterocycles. The van der Waals surface area contributed by atoms with Gasteiger partial charge in [-0.05, 0) is 74.4 Å². The van der Waals surface area contributed by atoms with E-state index in [1.807, 2.05) is 31.2 Å². The zero-order valence-electron chi connectivity index (χ0n) is 23.4. The molecule has 3 fully saturated rings. The van der Waals surface area contributed by atoms with E-state index in [4.69, 9.17) is 9.72 Å². The highest BCUT2D eigenvalue weighted by molar-refractivity contribution is 5.94. The van der Waals surface area contributed by atoms with E-state index in [2.05, 4.69) is 52.4 Å². The summed E-state index contributed by atoms with van der Waals surface area (Å²) >= 11 is 0. The van der Waals surface area contributed by atoms with Gasteiger partial charge in [0.05, 0.1) is 6.04 Å². The largest absolute Gasteiger partial charge is 0.439 e. The van der Waals surface area contributed by atoms with Gasteiger partial charge < -0.3 is 15.0 Å². The fourth-order valence-corrected chi connectivity index (χ4v) is 6.04. The second-order valence-electron chi connectivity index (χ2n) is 11.6. The fourth-order valence-electron chi connectivity index (χ4n) is 6.04. The van der Waals surface area contributed by atoms with Crippen LogP contribution in [0.5, 0.6) is 11.6 Å². The molecule has 0 radical (unpaired) electrons. The van der Waals surface area contributed by atoms with Crippen molar-refractivity contribution in [3.05, 3.63) is 89.1 Å². The molecule has 208 valence electrons. The van der Waals surface area contributed by atoms with Crippen molar-refractivity contribution in [2.45, 2.75) is 70.6 Å². The van der Waals surface area contributed by atoms with Gasteiger partial charge in [-0.1, -0.05) is 43.3 Å². The lowest BCUT2D eigenvalue weighted by molar-refractivity contribution is -0.135. The summed E-state index contributed by atoms with van der Waals surface area (Å²) in [5.74, 6) is 1.56. The minimum atomic E-state index is -0.0333. The second-order valence-corrected chi connectivity index (χ2v) is 11.6. The van der Waals surface area contributed by atoms with Crippen LogP contribution in [-0.4, -0.2) is 51.8 Å². The lowest BCUT2D eigenvalue weighted by atomic mass is 9.98. The maximum absolute atomic E-state index is 13.1. The van der Waals surface area contributed by atoms with Crippen molar-refractivity contribution >= 4 is 11.8 Å². The number of benzene rings is 2. The van der Waals surface area contributed by atoms with E-state index in [0.29, 0.717) is 35.2 Å². The van der Waals surface area contributed by atoms with Crippen molar-refractivity contribution in [2.75, 3.05) is 13.1 Å². The highest BCUT2D eigenvalue weighted by atomic mass is 16.5. The third kappa shape index (κ3) is 5.89. The lowest BCUT2D eigenvalue weighted by Crippen LogP contribution is -2.46. The number of piperidine rings is 1. The number of pyridine rings is 1. The number of rotatable bonds is 8. The standard InChI is InChI=1S/C33H38N4O3/c1-22-20-30(24-6-4-3-5-7-24)37(33(22)39)28-16-18-36(19-17-28)21-26-10-15-31(34-23(26)2)40-29-13-8-25(9-14-29)32(38)35-27-11-12-27/h3-10,13-15,22,27-28,30H,11-12,16-21H2,1-2H3,(H,35,38)/t22?,30-/m0/s1. The van der Waals surface area contributed by atoms with Crippen LogP contribution in [0.1, 0.15) is 72.2 Å². The first-order valence-electron chi connectivity index (χ1n) is 14.6. The average molecular weight is 539 g/mol. The molecule has 1 N–H and O–H groups in total. The molecule has 1 saturated carbocycles. The Hall–Kier alpha value is -3.71. The molecule has 3 heterocycles. The summed E-state index contributed by atoms with van der Waals surface area (Å²) in [6, 6.07) is 22.5. The molecule has 1 unspecified atom stereocenters. The summed E-state index contributed by atoms with van der Waals surface area (Å²) in [6.45, 7) is 6.85. The van der Waals surface area contributed by atoms with Crippen LogP contribution in [0.2, 0.25) is 0 Å². The molecule has 3 aliphatic rings. The molecule has 40 heavy (non-hydrogen) atoms. The van der Waals surface area contributed by atoms with E-state index in [1.165, 1.54) is 11.1 Å². The molecule has 0 bridgehead atoms. The maximum Gasteiger partial charge on any atom is 0.251 e. The van der Waals surface area contributed by atoms with Gasteiger partial charge in [0, 0.05) is 55.0 Å². The molecular weight excluding hydrogens is 500 g/mol. The van der Waals surface area contributed by atoms with Gasteiger partial charge in [-0.25, -0.2) is 4.98 Å². The average Bonchev–Trinajstić information content (AvgIpc) is 3.74. The summed E-state index contributed by atoms with van der Waals surface area (Å²) in [4.78, 5) is 34.7. The van der Waals surface area contributed by atoms with E-state index in [0.717, 1.165) is 57.4 Å². The number of carbonyl (C=O) groups is 2. The van der Waals surface area contributed by atoms with Crippen LogP contribution in [0.25, 0.3) is 0 Å². The van der Waals surface area contributed by atoms with E-state index in [1.54, 1.807) is 12.1 Å². The highest BCUT2D eigenvalue weighted by Gasteiger charge is 2.42. The monoisotopic (exact) mass is 538 g/mol. The normalized spacial score (nSPS) is 21.9. The fraction of sp³-hybridized carbons (Fsp3) is 0.424. The van der Waals surface area contributed by atoms with E-state index in [9.17, 15) is 9.59 Å². The quantitative estimate of drug-likeness (QED) is 0.401. The SMILES string of the molecule is Cc1nc(Oc2ccc(C(=O)NC3CC3)cc2)ccc1CN1CCC(N2C(=O)C(C)C[C@H]2c2ccccc2)CC1. The van der Waals surface area contributed by atoms with Crippen molar-refractivity contribution in [2.24, 2.45) is 5.92 Å². The Morgan fingerprint density at radius 2 is 1.70 bits per heavy atom. The number of nitrogens with zero attached hydrogens (tertiary/aromatic N) is 3. The first-order valence-corrected chi connectivity index (χ1v) is 14.6. The number of likely N-dealkylation sites (tertiary alicyclic amines) is 2. The third-order valence-corrected chi connectivity index (χ3v) is 8.54. The summed E-state index contributed by atoms with van der Waals surface area (Å²) in [5.41, 5.74) is 4.03. The maximum atomic E-state index is 13.1. The number of amides is 2. The summed E-state index contributed by atoms with van der Waals surface area (Å²) in [6.07, 6.45) is 5.03. The number of aryl methyl sites for hydroxylation is 1. The zero-order chi connectivity index (χ0) is 27.6. The van der Waals surface area contributed by atoms with Gasteiger partial charge in [0.2, 0.25) is 11.8 Å². The summed E-state index contributed by atoms with van der Waals surface area (Å²) in [5, 5.41) is 3.00. The van der Waals surface area contributed by atoms with Crippen LogP contribution >= 0.6 is 0 Å².